The Bertz CT molecular complexity index is 870. The second-order valence-corrected chi connectivity index (χ2v) is 8.39. The van der Waals surface area contributed by atoms with Crippen LogP contribution < -0.4 is 4.74 Å². The second kappa shape index (κ2) is 8.75. The van der Waals surface area contributed by atoms with Crippen LogP contribution in [0.1, 0.15) is 25.3 Å². The van der Waals surface area contributed by atoms with E-state index in [2.05, 4.69) is 15.9 Å². The number of halogens is 2. The lowest BCUT2D eigenvalue weighted by Crippen LogP contribution is -2.40. The normalized spacial score (nSPS) is 18.5. The molecule has 0 aromatic heterocycles. The highest BCUT2D eigenvalue weighted by molar-refractivity contribution is 9.10. The average molecular weight is 490 g/mol. The number of aromatic hydroxyl groups is 1. The van der Waals surface area contributed by atoms with Gasteiger partial charge in [-0.25, -0.2) is 0 Å². The molecule has 2 saturated heterocycles. The minimum absolute atomic E-state index is 0.0423. The Balaban J connectivity index is 1.84. The summed E-state index contributed by atoms with van der Waals surface area (Å²) in [7, 11) is 0. The predicted octanol–water partition coefficient (Wildman–Crippen LogP) is 3.87. The summed E-state index contributed by atoms with van der Waals surface area (Å²) in [5.74, 6) is -0.799. The summed E-state index contributed by atoms with van der Waals surface area (Å²) in [5.41, 5.74) is 0.475. The van der Waals surface area contributed by atoms with E-state index < -0.39 is 11.1 Å². The molecule has 150 valence electrons. The molecule has 0 radical (unpaired) electrons. The number of carbonyl (C=O) groups excluding carboxylic acids is 3. The van der Waals surface area contributed by atoms with Crippen LogP contribution in [0.5, 0.6) is 11.5 Å². The maximum atomic E-state index is 12.7. The van der Waals surface area contributed by atoms with Gasteiger partial charge in [0.05, 0.1) is 11.5 Å². The zero-order valence-electron chi connectivity index (χ0n) is 15.0. The molecule has 2 fully saturated rings. The molecule has 2 aliphatic heterocycles. The van der Waals surface area contributed by atoms with Gasteiger partial charge in [0, 0.05) is 17.6 Å². The van der Waals surface area contributed by atoms with Gasteiger partial charge in [0.1, 0.15) is 11.6 Å². The Morgan fingerprint density at radius 2 is 2.07 bits per heavy atom. The molecule has 0 aliphatic carbocycles. The maximum absolute atomic E-state index is 12.7. The highest BCUT2D eigenvalue weighted by atomic mass is 79.9. The zero-order valence-corrected chi connectivity index (χ0v) is 18.2. The summed E-state index contributed by atoms with van der Waals surface area (Å²) >= 11 is 10.2. The monoisotopic (exact) mass is 488 g/mol. The number of ether oxygens (including phenoxy) is 1. The van der Waals surface area contributed by atoms with Crippen LogP contribution in [0.4, 0.5) is 4.79 Å². The van der Waals surface area contributed by atoms with Crippen LogP contribution in [0.15, 0.2) is 15.4 Å². The van der Waals surface area contributed by atoms with Crippen LogP contribution in [-0.2, 0) is 9.59 Å². The highest BCUT2D eigenvalue weighted by Gasteiger charge is 2.37. The molecule has 10 heteroatoms. The van der Waals surface area contributed by atoms with Gasteiger partial charge in [0.25, 0.3) is 11.1 Å². The van der Waals surface area contributed by atoms with E-state index in [4.69, 9.17) is 16.3 Å². The van der Waals surface area contributed by atoms with E-state index in [9.17, 15) is 19.5 Å². The summed E-state index contributed by atoms with van der Waals surface area (Å²) in [6, 6.07) is 1.53. The first kappa shape index (κ1) is 21.0. The van der Waals surface area contributed by atoms with E-state index in [0.717, 1.165) is 29.5 Å². The number of benzene rings is 1. The molecule has 0 bridgehead atoms. The molecule has 0 saturated carbocycles. The standard InChI is InChI=1S/C18H18BrClN2O5S/c1-2-27-11-7-10(14(19)15(20)16(11)24)8-12-17(25)22(18(26)28-12)9-13(23)21-5-3-4-6-21/h7-8,24H,2-6,9H2,1H3/b12-8+. The molecule has 28 heavy (non-hydrogen) atoms. The van der Waals surface area contributed by atoms with Crippen LogP contribution in [0.25, 0.3) is 6.08 Å². The first-order valence-corrected chi connectivity index (χ1v) is 10.7. The average Bonchev–Trinajstić information content (AvgIpc) is 3.29. The number of phenols is 1. The molecule has 1 N–H and O–H groups in total. The first-order valence-electron chi connectivity index (χ1n) is 8.70. The van der Waals surface area contributed by atoms with Crippen molar-refractivity contribution in [1.82, 2.24) is 9.80 Å². The van der Waals surface area contributed by atoms with Crippen molar-refractivity contribution >= 4 is 62.4 Å². The number of thioether (sulfide) groups is 1. The Labute approximate surface area is 179 Å². The number of carbonyl (C=O) groups is 3. The first-order chi connectivity index (χ1) is 13.3. The topological polar surface area (TPSA) is 87.2 Å². The molecular formula is C18H18BrClN2O5S. The lowest BCUT2D eigenvalue weighted by atomic mass is 10.1. The molecule has 1 aromatic carbocycles. The van der Waals surface area contributed by atoms with Crippen molar-refractivity contribution in [3.63, 3.8) is 0 Å². The smallest absolute Gasteiger partial charge is 0.294 e. The number of nitrogens with zero attached hydrogens (tertiary/aromatic N) is 2. The summed E-state index contributed by atoms with van der Waals surface area (Å²) in [6.07, 6.45) is 3.36. The van der Waals surface area contributed by atoms with Gasteiger partial charge in [-0.15, -0.1) is 0 Å². The molecule has 3 amide bonds. The van der Waals surface area contributed by atoms with Crippen LogP contribution in [-0.4, -0.2) is 58.2 Å². The zero-order chi connectivity index (χ0) is 20.4. The third-order valence-corrected chi connectivity index (χ3v) is 6.74. The van der Waals surface area contributed by atoms with Gasteiger partial charge in [-0.3, -0.25) is 19.3 Å². The third kappa shape index (κ3) is 4.16. The summed E-state index contributed by atoms with van der Waals surface area (Å²) in [6.45, 7) is 3.13. The summed E-state index contributed by atoms with van der Waals surface area (Å²) in [5, 5.41) is 9.60. The van der Waals surface area contributed by atoms with Crippen LogP contribution in [0.2, 0.25) is 5.02 Å². The van der Waals surface area contributed by atoms with Gasteiger partial charge < -0.3 is 14.7 Å². The summed E-state index contributed by atoms with van der Waals surface area (Å²) in [4.78, 5) is 40.0. The van der Waals surface area contributed by atoms with Crippen molar-refractivity contribution in [2.24, 2.45) is 0 Å². The Morgan fingerprint density at radius 1 is 1.39 bits per heavy atom. The molecule has 2 heterocycles. The van der Waals surface area contributed by atoms with E-state index in [-0.39, 0.29) is 33.9 Å². The van der Waals surface area contributed by atoms with Gasteiger partial charge in [-0.05, 0) is 65.2 Å². The lowest BCUT2D eigenvalue weighted by molar-refractivity contribution is -0.135. The third-order valence-electron chi connectivity index (χ3n) is 4.39. The minimum Gasteiger partial charge on any atom is -0.503 e. The number of phenolic OH excluding ortho intramolecular Hbond substituents is 1. The number of hydrogen-bond donors (Lipinski definition) is 1. The molecule has 0 spiro atoms. The van der Waals surface area contributed by atoms with Gasteiger partial charge in [-0.1, -0.05) is 11.6 Å². The number of rotatable bonds is 5. The Hall–Kier alpha value is -1.71. The molecular weight excluding hydrogens is 472 g/mol. The SMILES string of the molecule is CCOc1cc(/C=C2/SC(=O)N(CC(=O)N3CCCC3)C2=O)c(Br)c(Cl)c1O. The molecule has 0 atom stereocenters. The molecule has 0 unspecified atom stereocenters. The fraction of sp³-hybridized carbons (Fsp3) is 0.389. The number of hydrogen-bond acceptors (Lipinski definition) is 6. The van der Waals surface area contributed by atoms with E-state index in [1.807, 2.05) is 0 Å². The molecule has 7 nitrogen and oxygen atoms in total. The van der Waals surface area contributed by atoms with Gasteiger partial charge >= 0.3 is 0 Å². The van der Waals surface area contributed by atoms with Crippen LogP contribution >= 0.6 is 39.3 Å². The summed E-state index contributed by atoms with van der Waals surface area (Å²) < 4.78 is 5.72. The van der Waals surface area contributed by atoms with Crippen molar-refractivity contribution in [1.29, 1.82) is 0 Å². The van der Waals surface area contributed by atoms with Crippen molar-refractivity contribution in [3.05, 3.63) is 26.0 Å². The van der Waals surface area contributed by atoms with E-state index in [1.165, 1.54) is 12.1 Å². The van der Waals surface area contributed by atoms with E-state index in [0.29, 0.717) is 29.7 Å². The van der Waals surface area contributed by atoms with Crippen LogP contribution in [0, 0.1) is 0 Å². The van der Waals surface area contributed by atoms with Crippen molar-refractivity contribution in [3.8, 4) is 11.5 Å². The quantitative estimate of drug-likeness (QED) is 0.632. The van der Waals surface area contributed by atoms with Crippen molar-refractivity contribution < 1.29 is 24.2 Å². The number of amides is 3. The Morgan fingerprint density at radius 3 is 2.71 bits per heavy atom. The predicted molar refractivity (Wildman–Crippen MR) is 110 cm³/mol. The molecule has 2 aliphatic rings. The largest absolute Gasteiger partial charge is 0.503 e. The van der Waals surface area contributed by atoms with Gasteiger partial charge in [0.2, 0.25) is 5.91 Å². The van der Waals surface area contributed by atoms with E-state index in [1.54, 1.807) is 11.8 Å². The fourth-order valence-corrected chi connectivity index (χ4v) is 4.41. The van der Waals surface area contributed by atoms with Crippen LogP contribution in [0.3, 0.4) is 0 Å². The van der Waals surface area contributed by atoms with E-state index >= 15 is 0 Å². The molecule has 3 rings (SSSR count). The van der Waals surface area contributed by atoms with Crippen molar-refractivity contribution in [2.75, 3.05) is 26.2 Å². The number of likely N-dealkylation sites (tertiary alicyclic amines) is 1. The highest BCUT2D eigenvalue weighted by Crippen LogP contribution is 2.43. The van der Waals surface area contributed by atoms with Gasteiger partial charge in [-0.2, -0.15) is 0 Å². The van der Waals surface area contributed by atoms with Gasteiger partial charge in [0.15, 0.2) is 11.5 Å². The lowest BCUT2D eigenvalue weighted by Gasteiger charge is -2.18. The minimum atomic E-state index is -0.531. The Kier molecular flexibility index (Phi) is 6.57. The second-order valence-electron chi connectivity index (χ2n) is 6.23. The molecule has 1 aromatic rings. The number of imide groups is 1. The van der Waals surface area contributed by atoms with Crippen molar-refractivity contribution in [2.45, 2.75) is 19.8 Å². The fourth-order valence-electron chi connectivity index (χ4n) is 2.96. The maximum Gasteiger partial charge on any atom is 0.294 e.